The Morgan fingerprint density at radius 3 is 2.48 bits per heavy atom. The quantitative estimate of drug-likeness (QED) is 0.637. The van der Waals surface area contributed by atoms with Crippen LogP contribution in [0.25, 0.3) is 21.5 Å². The lowest BCUT2D eigenvalue weighted by Crippen LogP contribution is -2.44. The summed E-state index contributed by atoms with van der Waals surface area (Å²) in [6.07, 6.45) is 1.95. The largest absolute Gasteiger partial charge is 0.354 e. The summed E-state index contributed by atoms with van der Waals surface area (Å²) in [5.41, 5.74) is 0. The molecule has 3 aromatic rings. The van der Waals surface area contributed by atoms with E-state index in [-0.39, 0.29) is 0 Å². The van der Waals surface area contributed by atoms with Crippen molar-refractivity contribution in [3.05, 3.63) is 48.7 Å². The summed E-state index contributed by atoms with van der Waals surface area (Å²) in [6, 6.07) is 15.1. The van der Waals surface area contributed by atoms with Gasteiger partial charge in [0, 0.05) is 37.8 Å². The minimum Gasteiger partial charge on any atom is -0.354 e. The maximum absolute atomic E-state index is 4.67. The monoisotopic (exact) mass is 277 g/mol. The fourth-order valence-corrected chi connectivity index (χ4v) is 3.19. The molecule has 1 aliphatic heterocycles. The van der Waals surface area contributed by atoms with Gasteiger partial charge in [0.15, 0.2) is 0 Å². The van der Waals surface area contributed by atoms with Gasteiger partial charge in [0.25, 0.3) is 0 Å². The molecule has 0 N–H and O–H groups in total. The molecule has 2 aromatic carbocycles. The van der Waals surface area contributed by atoms with Crippen LogP contribution in [-0.4, -0.2) is 43.1 Å². The molecule has 1 saturated heterocycles. The summed E-state index contributed by atoms with van der Waals surface area (Å²) in [4.78, 5) is 9.46. The molecular weight excluding hydrogens is 258 g/mol. The summed E-state index contributed by atoms with van der Waals surface area (Å²) >= 11 is 0. The average molecular weight is 277 g/mol. The highest BCUT2D eigenvalue weighted by molar-refractivity contribution is 6.10. The predicted molar refractivity (Wildman–Crippen MR) is 89.0 cm³/mol. The lowest BCUT2D eigenvalue weighted by atomic mass is 10.0. The molecule has 1 aliphatic rings. The van der Waals surface area contributed by atoms with E-state index in [4.69, 9.17) is 0 Å². The number of nitrogens with zero attached hydrogens (tertiary/aromatic N) is 3. The van der Waals surface area contributed by atoms with Gasteiger partial charge in [-0.2, -0.15) is 0 Å². The van der Waals surface area contributed by atoms with Crippen LogP contribution in [0.5, 0.6) is 0 Å². The first-order chi connectivity index (χ1) is 10.3. The minimum atomic E-state index is 1.05. The number of piperazine rings is 1. The second-order valence-corrected chi connectivity index (χ2v) is 5.81. The highest BCUT2D eigenvalue weighted by atomic mass is 15.3. The van der Waals surface area contributed by atoms with Crippen molar-refractivity contribution in [2.45, 2.75) is 0 Å². The third kappa shape index (κ3) is 2.14. The summed E-state index contributed by atoms with van der Waals surface area (Å²) in [7, 11) is 2.18. The van der Waals surface area contributed by atoms with Crippen molar-refractivity contribution in [3.63, 3.8) is 0 Å². The maximum Gasteiger partial charge on any atom is 0.136 e. The molecular formula is C18H19N3. The Morgan fingerprint density at radius 1 is 0.810 bits per heavy atom. The number of pyridine rings is 1. The van der Waals surface area contributed by atoms with Crippen LogP contribution in [0.4, 0.5) is 5.82 Å². The molecule has 3 heteroatoms. The van der Waals surface area contributed by atoms with Gasteiger partial charge < -0.3 is 9.80 Å². The molecule has 0 amide bonds. The van der Waals surface area contributed by atoms with E-state index in [1.807, 2.05) is 6.20 Å². The number of hydrogen-bond acceptors (Lipinski definition) is 3. The van der Waals surface area contributed by atoms with Crippen molar-refractivity contribution >= 4 is 27.4 Å². The summed E-state index contributed by atoms with van der Waals surface area (Å²) in [6.45, 7) is 4.31. The van der Waals surface area contributed by atoms with E-state index in [0.717, 1.165) is 32.0 Å². The number of anilines is 1. The minimum absolute atomic E-state index is 1.05. The Morgan fingerprint density at radius 2 is 1.62 bits per heavy atom. The zero-order valence-electron chi connectivity index (χ0n) is 12.3. The Hall–Kier alpha value is -2.13. The standard InChI is InChI=1S/C18H19N3/c1-20-10-12-21(13-11-20)18-17-7-6-14-4-2-3-5-15(14)16(17)8-9-19-18/h2-9H,10-13H2,1H3. The number of hydrogen-bond donors (Lipinski definition) is 0. The van der Waals surface area contributed by atoms with Gasteiger partial charge in [-0.15, -0.1) is 0 Å². The topological polar surface area (TPSA) is 19.4 Å². The van der Waals surface area contributed by atoms with Gasteiger partial charge in [-0.05, 0) is 29.3 Å². The van der Waals surface area contributed by atoms with Crippen molar-refractivity contribution < 1.29 is 0 Å². The van der Waals surface area contributed by atoms with Crippen molar-refractivity contribution in [2.24, 2.45) is 0 Å². The van der Waals surface area contributed by atoms with Crippen molar-refractivity contribution in [3.8, 4) is 0 Å². The van der Waals surface area contributed by atoms with Gasteiger partial charge in [-0.25, -0.2) is 4.98 Å². The smallest absolute Gasteiger partial charge is 0.136 e. The molecule has 2 heterocycles. The first kappa shape index (κ1) is 12.6. The van der Waals surface area contributed by atoms with E-state index in [2.05, 4.69) is 64.3 Å². The van der Waals surface area contributed by atoms with Gasteiger partial charge in [-0.1, -0.05) is 36.4 Å². The zero-order chi connectivity index (χ0) is 14.2. The van der Waals surface area contributed by atoms with Crippen LogP contribution in [0.3, 0.4) is 0 Å². The van der Waals surface area contributed by atoms with Crippen molar-refractivity contribution in [1.82, 2.24) is 9.88 Å². The molecule has 106 valence electrons. The van der Waals surface area contributed by atoms with Crippen molar-refractivity contribution in [1.29, 1.82) is 0 Å². The number of aromatic nitrogens is 1. The van der Waals surface area contributed by atoms with Gasteiger partial charge in [0.2, 0.25) is 0 Å². The molecule has 0 bridgehead atoms. The van der Waals surface area contributed by atoms with E-state index in [1.165, 1.54) is 21.5 Å². The Kier molecular flexibility index (Phi) is 3.00. The molecule has 1 fully saturated rings. The Labute approximate surface area is 124 Å². The SMILES string of the molecule is CN1CCN(c2nccc3c2ccc2ccccc23)CC1. The lowest BCUT2D eigenvalue weighted by molar-refractivity contribution is 0.312. The van der Waals surface area contributed by atoms with E-state index in [9.17, 15) is 0 Å². The van der Waals surface area contributed by atoms with E-state index >= 15 is 0 Å². The van der Waals surface area contributed by atoms with Crippen LogP contribution in [0.2, 0.25) is 0 Å². The third-order valence-corrected chi connectivity index (χ3v) is 4.45. The highest BCUT2D eigenvalue weighted by Crippen LogP contribution is 2.30. The first-order valence-electron chi connectivity index (χ1n) is 7.53. The van der Waals surface area contributed by atoms with E-state index in [1.54, 1.807) is 0 Å². The molecule has 0 aliphatic carbocycles. The van der Waals surface area contributed by atoms with Crippen LogP contribution in [0.15, 0.2) is 48.7 Å². The lowest BCUT2D eigenvalue weighted by Gasteiger charge is -2.33. The molecule has 0 atom stereocenters. The average Bonchev–Trinajstić information content (AvgIpc) is 2.55. The first-order valence-corrected chi connectivity index (χ1v) is 7.53. The zero-order valence-corrected chi connectivity index (χ0v) is 12.3. The molecule has 0 saturated carbocycles. The number of fused-ring (bicyclic) bond motifs is 3. The summed E-state index contributed by atoms with van der Waals surface area (Å²) < 4.78 is 0. The number of likely N-dealkylation sites (N-methyl/N-ethyl adjacent to an activating group) is 1. The molecule has 21 heavy (non-hydrogen) atoms. The molecule has 0 spiro atoms. The number of rotatable bonds is 1. The fraction of sp³-hybridized carbons (Fsp3) is 0.278. The molecule has 0 radical (unpaired) electrons. The summed E-state index contributed by atoms with van der Waals surface area (Å²) in [5, 5.41) is 5.17. The van der Waals surface area contributed by atoms with Crippen molar-refractivity contribution in [2.75, 3.05) is 38.1 Å². The van der Waals surface area contributed by atoms with Crippen LogP contribution in [-0.2, 0) is 0 Å². The van der Waals surface area contributed by atoms with E-state index < -0.39 is 0 Å². The van der Waals surface area contributed by atoms with E-state index in [0.29, 0.717) is 0 Å². The Bertz CT molecular complexity index is 789. The van der Waals surface area contributed by atoms with Crippen LogP contribution in [0.1, 0.15) is 0 Å². The fourth-order valence-electron chi connectivity index (χ4n) is 3.19. The predicted octanol–water partition coefficient (Wildman–Crippen LogP) is 3.14. The van der Waals surface area contributed by atoms with Crippen LogP contribution in [0, 0.1) is 0 Å². The molecule has 0 unspecified atom stereocenters. The maximum atomic E-state index is 4.67. The number of benzene rings is 2. The normalized spacial score (nSPS) is 16.7. The Balaban J connectivity index is 1.88. The summed E-state index contributed by atoms with van der Waals surface area (Å²) in [5.74, 6) is 1.13. The second-order valence-electron chi connectivity index (χ2n) is 5.81. The highest BCUT2D eigenvalue weighted by Gasteiger charge is 2.17. The molecule has 4 rings (SSSR count). The molecule has 3 nitrogen and oxygen atoms in total. The van der Waals surface area contributed by atoms with Gasteiger partial charge in [0.05, 0.1) is 0 Å². The van der Waals surface area contributed by atoms with Crippen LogP contribution >= 0.6 is 0 Å². The van der Waals surface area contributed by atoms with Gasteiger partial charge >= 0.3 is 0 Å². The van der Waals surface area contributed by atoms with Crippen LogP contribution < -0.4 is 4.90 Å². The molecule has 1 aromatic heterocycles. The van der Waals surface area contributed by atoms with Gasteiger partial charge in [0.1, 0.15) is 5.82 Å². The third-order valence-electron chi connectivity index (χ3n) is 4.45. The second kappa shape index (κ2) is 5.01. The van der Waals surface area contributed by atoms with Gasteiger partial charge in [-0.3, -0.25) is 0 Å².